The smallest absolute Gasteiger partial charge is 0.335 e. The summed E-state index contributed by atoms with van der Waals surface area (Å²) in [7, 11) is 0. The Kier molecular flexibility index (Phi) is 7.03. The van der Waals surface area contributed by atoms with E-state index >= 15 is 0 Å². The van der Waals surface area contributed by atoms with Gasteiger partial charge in [-0.2, -0.15) is 0 Å². The van der Waals surface area contributed by atoms with Gasteiger partial charge in [0, 0.05) is 17.6 Å². The van der Waals surface area contributed by atoms with E-state index in [4.69, 9.17) is 16.7 Å². The van der Waals surface area contributed by atoms with Gasteiger partial charge in [-0.3, -0.25) is 4.90 Å². The Morgan fingerprint density at radius 1 is 1.40 bits per heavy atom. The highest BCUT2D eigenvalue weighted by Gasteiger charge is 2.14. The van der Waals surface area contributed by atoms with Crippen molar-refractivity contribution in [2.45, 2.75) is 52.6 Å². The van der Waals surface area contributed by atoms with Gasteiger partial charge in [-0.25, -0.2) is 4.79 Å². The predicted molar refractivity (Wildman–Crippen MR) is 83.5 cm³/mol. The minimum absolute atomic E-state index is 0.238. The van der Waals surface area contributed by atoms with E-state index in [0.29, 0.717) is 11.1 Å². The molecule has 0 heterocycles. The summed E-state index contributed by atoms with van der Waals surface area (Å²) in [5.74, 6) is -0.941. The molecule has 1 unspecified atom stereocenters. The molecule has 1 aromatic rings. The highest BCUT2D eigenvalue weighted by atomic mass is 35.5. The lowest BCUT2D eigenvalue weighted by atomic mass is 10.1. The van der Waals surface area contributed by atoms with E-state index in [2.05, 4.69) is 25.7 Å². The molecule has 0 aliphatic heterocycles. The van der Waals surface area contributed by atoms with Crippen LogP contribution in [0.4, 0.5) is 0 Å². The fraction of sp³-hybridized carbons (Fsp3) is 0.562. The fourth-order valence-corrected chi connectivity index (χ4v) is 2.34. The van der Waals surface area contributed by atoms with Crippen molar-refractivity contribution in [2.24, 2.45) is 0 Å². The number of hydrogen-bond acceptors (Lipinski definition) is 2. The van der Waals surface area contributed by atoms with Crippen LogP contribution < -0.4 is 0 Å². The second-order valence-electron chi connectivity index (χ2n) is 5.19. The van der Waals surface area contributed by atoms with Crippen LogP contribution in [-0.2, 0) is 6.54 Å². The lowest BCUT2D eigenvalue weighted by Gasteiger charge is -2.28. The number of aromatic carboxylic acids is 1. The molecule has 0 amide bonds. The van der Waals surface area contributed by atoms with Gasteiger partial charge in [0.15, 0.2) is 0 Å². The van der Waals surface area contributed by atoms with Crippen molar-refractivity contribution in [1.82, 2.24) is 4.90 Å². The van der Waals surface area contributed by atoms with Crippen LogP contribution in [0, 0.1) is 0 Å². The van der Waals surface area contributed by atoms with E-state index in [1.807, 2.05) is 6.07 Å². The normalized spacial score (nSPS) is 12.7. The molecule has 0 aliphatic rings. The Morgan fingerprint density at radius 3 is 2.60 bits per heavy atom. The van der Waals surface area contributed by atoms with Gasteiger partial charge in [-0.05, 0) is 44.0 Å². The average molecular weight is 298 g/mol. The number of carbonyl (C=O) groups is 1. The number of rotatable bonds is 8. The summed E-state index contributed by atoms with van der Waals surface area (Å²) in [4.78, 5) is 13.3. The van der Waals surface area contributed by atoms with Crippen molar-refractivity contribution >= 4 is 17.6 Å². The van der Waals surface area contributed by atoms with Crippen molar-refractivity contribution in [2.75, 3.05) is 6.54 Å². The monoisotopic (exact) mass is 297 g/mol. The zero-order chi connectivity index (χ0) is 15.1. The fourth-order valence-electron chi connectivity index (χ4n) is 2.10. The lowest BCUT2D eigenvalue weighted by molar-refractivity contribution is 0.0697. The third-order valence-electron chi connectivity index (χ3n) is 3.69. The molecule has 0 spiro atoms. The van der Waals surface area contributed by atoms with Crippen LogP contribution >= 0.6 is 11.6 Å². The molecule has 1 rings (SSSR count). The molecule has 0 saturated heterocycles. The van der Waals surface area contributed by atoms with Gasteiger partial charge < -0.3 is 5.11 Å². The van der Waals surface area contributed by atoms with Crippen molar-refractivity contribution in [3.8, 4) is 0 Å². The van der Waals surface area contributed by atoms with Crippen molar-refractivity contribution in [3.05, 3.63) is 34.3 Å². The van der Waals surface area contributed by atoms with Gasteiger partial charge in [0.25, 0.3) is 0 Å². The zero-order valence-corrected chi connectivity index (χ0v) is 13.3. The van der Waals surface area contributed by atoms with Gasteiger partial charge in [-0.1, -0.05) is 37.9 Å². The number of hydrogen-bond donors (Lipinski definition) is 1. The van der Waals surface area contributed by atoms with Crippen LogP contribution in [0.2, 0.25) is 5.02 Å². The number of nitrogens with zero attached hydrogens (tertiary/aromatic N) is 1. The molecule has 0 aliphatic carbocycles. The van der Waals surface area contributed by atoms with Crippen molar-refractivity contribution < 1.29 is 9.90 Å². The second-order valence-corrected chi connectivity index (χ2v) is 5.60. The molecule has 0 fully saturated rings. The number of carboxylic acid groups (broad SMARTS) is 1. The second kappa shape index (κ2) is 8.28. The molecule has 0 bridgehead atoms. The first kappa shape index (κ1) is 17.0. The first-order valence-electron chi connectivity index (χ1n) is 7.25. The minimum Gasteiger partial charge on any atom is -0.478 e. The largest absolute Gasteiger partial charge is 0.478 e. The molecular formula is C16H24ClNO2. The molecule has 0 saturated carbocycles. The maximum absolute atomic E-state index is 10.9. The Morgan fingerprint density at radius 2 is 2.10 bits per heavy atom. The standard InChI is InChI=1S/C16H24ClNO2/c1-4-6-9-18(12(3)5-2)11-14-8-7-13(16(19)20)10-15(14)17/h7-8,10,12H,4-6,9,11H2,1-3H3,(H,19,20). The molecule has 112 valence electrons. The Balaban J connectivity index is 2.84. The van der Waals surface area contributed by atoms with E-state index in [9.17, 15) is 4.79 Å². The number of carboxylic acids is 1. The first-order chi connectivity index (χ1) is 9.49. The third kappa shape index (κ3) is 4.80. The molecule has 3 nitrogen and oxygen atoms in total. The summed E-state index contributed by atoms with van der Waals surface area (Å²) in [5, 5.41) is 9.49. The summed E-state index contributed by atoms with van der Waals surface area (Å²) in [6.07, 6.45) is 3.42. The van der Waals surface area contributed by atoms with E-state index < -0.39 is 5.97 Å². The van der Waals surface area contributed by atoms with Gasteiger partial charge in [0.05, 0.1) is 5.56 Å². The summed E-state index contributed by atoms with van der Waals surface area (Å²) < 4.78 is 0. The molecular weight excluding hydrogens is 274 g/mol. The minimum atomic E-state index is -0.941. The quantitative estimate of drug-likeness (QED) is 0.771. The topological polar surface area (TPSA) is 40.5 Å². The number of halogens is 1. The maximum atomic E-state index is 10.9. The summed E-state index contributed by atoms with van der Waals surface area (Å²) >= 11 is 6.21. The molecule has 1 atom stereocenters. The molecule has 0 aromatic heterocycles. The van der Waals surface area contributed by atoms with E-state index in [0.717, 1.165) is 31.5 Å². The van der Waals surface area contributed by atoms with Crippen LogP contribution in [0.15, 0.2) is 18.2 Å². The van der Waals surface area contributed by atoms with Crippen LogP contribution in [0.3, 0.4) is 0 Å². The number of benzene rings is 1. The van der Waals surface area contributed by atoms with E-state index in [1.165, 1.54) is 12.5 Å². The Labute approximate surface area is 126 Å². The highest BCUT2D eigenvalue weighted by molar-refractivity contribution is 6.31. The van der Waals surface area contributed by atoms with Gasteiger partial charge >= 0.3 is 5.97 Å². The Bertz CT molecular complexity index is 448. The van der Waals surface area contributed by atoms with Gasteiger partial charge in [0.1, 0.15) is 0 Å². The summed E-state index contributed by atoms with van der Waals surface area (Å²) in [5.41, 5.74) is 1.23. The molecule has 4 heteroatoms. The van der Waals surface area contributed by atoms with Crippen LogP contribution in [-0.4, -0.2) is 28.6 Å². The molecule has 1 N–H and O–H groups in total. The average Bonchev–Trinajstić information content (AvgIpc) is 2.43. The predicted octanol–water partition coefficient (Wildman–Crippen LogP) is 4.44. The van der Waals surface area contributed by atoms with E-state index in [-0.39, 0.29) is 5.56 Å². The molecule has 1 aromatic carbocycles. The maximum Gasteiger partial charge on any atom is 0.335 e. The third-order valence-corrected chi connectivity index (χ3v) is 4.04. The van der Waals surface area contributed by atoms with E-state index in [1.54, 1.807) is 6.07 Å². The van der Waals surface area contributed by atoms with Gasteiger partial charge in [0.2, 0.25) is 0 Å². The lowest BCUT2D eigenvalue weighted by Crippen LogP contribution is -2.33. The zero-order valence-electron chi connectivity index (χ0n) is 12.5. The van der Waals surface area contributed by atoms with Crippen molar-refractivity contribution in [3.63, 3.8) is 0 Å². The first-order valence-corrected chi connectivity index (χ1v) is 7.63. The Hall–Kier alpha value is -1.06. The van der Waals surface area contributed by atoms with Crippen LogP contribution in [0.1, 0.15) is 56.0 Å². The summed E-state index contributed by atoms with van der Waals surface area (Å²) in [6.45, 7) is 8.40. The summed E-state index contributed by atoms with van der Waals surface area (Å²) in [6, 6.07) is 5.48. The number of unbranched alkanes of at least 4 members (excludes halogenated alkanes) is 1. The highest BCUT2D eigenvalue weighted by Crippen LogP contribution is 2.21. The molecule has 0 radical (unpaired) electrons. The van der Waals surface area contributed by atoms with Crippen LogP contribution in [0.25, 0.3) is 0 Å². The van der Waals surface area contributed by atoms with Crippen molar-refractivity contribution in [1.29, 1.82) is 0 Å². The SMILES string of the molecule is CCCCN(Cc1ccc(C(=O)O)cc1Cl)C(C)CC. The van der Waals surface area contributed by atoms with Crippen LogP contribution in [0.5, 0.6) is 0 Å². The van der Waals surface area contributed by atoms with Gasteiger partial charge in [-0.15, -0.1) is 0 Å². The molecule has 20 heavy (non-hydrogen) atoms.